The average Bonchev–Trinajstić information content (AvgIpc) is 3.72. The topological polar surface area (TPSA) is 222 Å². The molecule has 0 radical (unpaired) electrons. The van der Waals surface area contributed by atoms with E-state index in [1.54, 1.807) is 36.4 Å². The van der Waals surface area contributed by atoms with Gasteiger partial charge in [-0.25, -0.2) is 0 Å². The maximum absolute atomic E-state index is 11.5. The lowest BCUT2D eigenvalue weighted by Crippen LogP contribution is -2.64. The van der Waals surface area contributed by atoms with Crippen LogP contribution in [0, 0.1) is 11.8 Å². The van der Waals surface area contributed by atoms with Crippen molar-refractivity contribution in [3.05, 3.63) is 47.5 Å². The number of phenols is 1. The third-order valence-corrected chi connectivity index (χ3v) is 9.75. The van der Waals surface area contributed by atoms with Crippen LogP contribution >= 0.6 is 0 Å². The van der Waals surface area contributed by atoms with Gasteiger partial charge in [0.05, 0.1) is 45.7 Å². The molecule has 6 rings (SSSR count). The molecule has 4 saturated heterocycles. The van der Waals surface area contributed by atoms with Crippen LogP contribution in [0.4, 0.5) is 0 Å². The predicted molar refractivity (Wildman–Crippen MR) is 167 cm³/mol. The number of ether oxygens (including phenoxy) is 9. The van der Waals surface area contributed by atoms with Gasteiger partial charge in [-0.15, -0.1) is 0 Å². The summed E-state index contributed by atoms with van der Waals surface area (Å²) in [5.74, 6) is 0.226. The van der Waals surface area contributed by atoms with Crippen LogP contribution in [0.1, 0.15) is 37.2 Å². The number of fused-ring (bicyclic) bond motifs is 1. The second kappa shape index (κ2) is 15.1. The van der Waals surface area contributed by atoms with E-state index in [2.05, 4.69) is 0 Å². The second-order valence-electron chi connectivity index (χ2n) is 12.9. The molecule has 2 aromatic carbocycles. The van der Waals surface area contributed by atoms with E-state index in [0.29, 0.717) is 19.0 Å². The third-order valence-electron chi connectivity index (χ3n) is 9.75. The highest BCUT2D eigenvalue weighted by Crippen LogP contribution is 2.51. The molecule has 0 aliphatic carbocycles. The van der Waals surface area contributed by atoms with Gasteiger partial charge in [-0.3, -0.25) is 4.79 Å². The van der Waals surface area contributed by atoms with Crippen LogP contribution in [0.3, 0.4) is 0 Å². The molecule has 4 heterocycles. The van der Waals surface area contributed by atoms with E-state index in [4.69, 9.17) is 42.6 Å². The maximum atomic E-state index is 11.5. The molecule has 4 aliphatic heterocycles. The van der Waals surface area contributed by atoms with Crippen LogP contribution < -0.4 is 14.2 Å². The summed E-state index contributed by atoms with van der Waals surface area (Å²) in [6, 6.07) is 10.3. The fourth-order valence-electron chi connectivity index (χ4n) is 6.95. The van der Waals surface area contributed by atoms with E-state index in [0.717, 1.165) is 11.1 Å². The third kappa shape index (κ3) is 7.10. The van der Waals surface area contributed by atoms with E-state index in [1.807, 2.05) is 0 Å². The number of phenolic OH excluding ortho intramolecular Hbond substituents is 1. The molecule has 50 heavy (non-hydrogen) atoms. The lowest BCUT2D eigenvalue weighted by molar-refractivity contribution is -0.354. The van der Waals surface area contributed by atoms with E-state index in [9.17, 15) is 35.4 Å². The highest BCUT2D eigenvalue weighted by atomic mass is 16.8. The molecule has 0 aromatic heterocycles. The number of aliphatic hydroxyl groups excluding tert-OH is 5. The molecule has 0 amide bonds. The van der Waals surface area contributed by atoms with Gasteiger partial charge in [0.15, 0.2) is 35.4 Å². The number of carbonyl (C=O) groups is 1. The number of methoxy groups -OCH3 is 2. The maximum Gasteiger partial charge on any atom is 0.302 e. The van der Waals surface area contributed by atoms with Crippen LogP contribution in [0.15, 0.2) is 36.4 Å². The number of benzene rings is 2. The van der Waals surface area contributed by atoms with Gasteiger partial charge < -0.3 is 73.3 Å². The normalized spacial score (nSPS) is 38.3. The van der Waals surface area contributed by atoms with Gasteiger partial charge in [-0.1, -0.05) is 12.1 Å². The van der Waals surface area contributed by atoms with Crippen LogP contribution in [0.2, 0.25) is 0 Å². The van der Waals surface area contributed by atoms with Gasteiger partial charge in [0.1, 0.15) is 43.2 Å². The SMILES string of the molecule is COc1cc(C2OCC3C(c4ccc(O[C@@H]5O[C@H](COC(C)=O)[C@@H](O)[C@H](O)[C@H]5O[C@@H]5O[C@@H](C)[C@H](O)[C@@H](O)[C@H]5O)c(OC)c4)OCC23)ccc1O. The molecular formula is C34H44O16. The highest BCUT2D eigenvalue weighted by Gasteiger charge is 2.52. The number of esters is 1. The van der Waals surface area contributed by atoms with Gasteiger partial charge >= 0.3 is 5.97 Å². The molecule has 0 spiro atoms. The summed E-state index contributed by atoms with van der Waals surface area (Å²) in [6.45, 7) is 3.10. The molecule has 4 unspecified atom stereocenters. The Hall–Kier alpha value is -3.29. The van der Waals surface area contributed by atoms with Crippen molar-refractivity contribution in [2.75, 3.05) is 34.0 Å². The minimum Gasteiger partial charge on any atom is -0.504 e. The fraction of sp³-hybridized carbons (Fsp3) is 0.618. The summed E-state index contributed by atoms with van der Waals surface area (Å²) in [4.78, 5) is 11.5. The van der Waals surface area contributed by atoms with Gasteiger partial charge in [-0.05, 0) is 42.3 Å². The number of rotatable bonds is 10. The van der Waals surface area contributed by atoms with Crippen molar-refractivity contribution < 1.29 is 78.1 Å². The van der Waals surface area contributed by atoms with Gasteiger partial charge in [0.2, 0.25) is 6.29 Å². The first-order valence-electron chi connectivity index (χ1n) is 16.4. The van der Waals surface area contributed by atoms with Crippen molar-refractivity contribution in [2.45, 2.75) is 87.5 Å². The summed E-state index contributed by atoms with van der Waals surface area (Å²) >= 11 is 0. The Bertz CT molecular complexity index is 1490. The average molecular weight is 709 g/mol. The molecule has 16 heteroatoms. The summed E-state index contributed by atoms with van der Waals surface area (Å²) in [5, 5.41) is 63.1. The summed E-state index contributed by atoms with van der Waals surface area (Å²) in [7, 11) is 2.93. The van der Waals surface area contributed by atoms with Crippen molar-refractivity contribution in [1.82, 2.24) is 0 Å². The van der Waals surface area contributed by atoms with Crippen LogP contribution in [0.25, 0.3) is 0 Å². The molecule has 276 valence electrons. The molecular weight excluding hydrogens is 664 g/mol. The Morgan fingerprint density at radius 3 is 2.00 bits per heavy atom. The van der Waals surface area contributed by atoms with E-state index < -0.39 is 74.0 Å². The Labute approximate surface area is 287 Å². The zero-order valence-corrected chi connectivity index (χ0v) is 27.9. The lowest BCUT2D eigenvalue weighted by atomic mass is 9.85. The quantitative estimate of drug-likeness (QED) is 0.180. The smallest absolute Gasteiger partial charge is 0.302 e. The minimum atomic E-state index is -1.72. The molecule has 2 aromatic rings. The monoisotopic (exact) mass is 708 g/mol. The van der Waals surface area contributed by atoms with E-state index in [1.165, 1.54) is 28.1 Å². The number of aromatic hydroxyl groups is 1. The Kier molecular flexibility index (Phi) is 11.0. The van der Waals surface area contributed by atoms with Gasteiger partial charge in [-0.2, -0.15) is 0 Å². The fourth-order valence-corrected chi connectivity index (χ4v) is 6.95. The first kappa shape index (κ1) is 36.5. The molecule has 4 aliphatic rings. The van der Waals surface area contributed by atoms with Crippen molar-refractivity contribution >= 4 is 5.97 Å². The molecule has 14 atom stereocenters. The minimum absolute atomic E-state index is 0.00702. The lowest BCUT2D eigenvalue weighted by Gasteiger charge is -2.45. The highest BCUT2D eigenvalue weighted by molar-refractivity contribution is 5.65. The van der Waals surface area contributed by atoms with E-state index >= 15 is 0 Å². The van der Waals surface area contributed by atoms with Crippen molar-refractivity contribution in [2.24, 2.45) is 11.8 Å². The van der Waals surface area contributed by atoms with Crippen molar-refractivity contribution in [3.63, 3.8) is 0 Å². The van der Waals surface area contributed by atoms with Crippen LogP contribution in [-0.4, -0.2) is 132 Å². The summed E-state index contributed by atoms with van der Waals surface area (Å²) in [6.07, 6.45) is -15.4. The molecule has 0 bridgehead atoms. The first-order chi connectivity index (χ1) is 23.9. The summed E-state index contributed by atoms with van der Waals surface area (Å²) < 4.78 is 52.0. The predicted octanol–water partition coefficient (Wildman–Crippen LogP) is 0.0859. The first-order valence-corrected chi connectivity index (χ1v) is 16.4. The molecule has 6 N–H and O–H groups in total. The molecule has 0 saturated carbocycles. The van der Waals surface area contributed by atoms with Gasteiger partial charge in [0, 0.05) is 18.8 Å². The standard InChI is InChI=1S/C34H44O16/c1-14-25(37)27(39)29(41)33(47-14)50-32-28(40)26(38)24(13-44-15(2)35)49-34(32)48-21-8-6-17(10-23(21)43-4)31-19-12-45-30(18(19)11-46-31)16-5-7-20(36)22(9-16)42-3/h5-10,14,18-19,24-34,36-41H,11-13H2,1-4H3/t14-,18?,19?,24+,25-,26+,27+,28-,29+,30?,31?,32+,33-,34+/m0/s1. The number of hydrogen-bond acceptors (Lipinski definition) is 16. The van der Waals surface area contributed by atoms with Crippen LogP contribution in [0.5, 0.6) is 23.0 Å². The van der Waals surface area contributed by atoms with Crippen molar-refractivity contribution in [1.29, 1.82) is 0 Å². The van der Waals surface area contributed by atoms with Gasteiger partial charge in [0.25, 0.3) is 0 Å². The number of aliphatic hydroxyl groups is 5. The Morgan fingerprint density at radius 2 is 1.38 bits per heavy atom. The number of carbonyl (C=O) groups excluding carboxylic acids is 1. The summed E-state index contributed by atoms with van der Waals surface area (Å²) in [5.41, 5.74) is 1.66. The van der Waals surface area contributed by atoms with E-state index in [-0.39, 0.29) is 41.3 Å². The molecule has 4 fully saturated rings. The second-order valence-corrected chi connectivity index (χ2v) is 12.9. The number of hydrogen-bond donors (Lipinski definition) is 6. The zero-order chi connectivity index (χ0) is 35.9. The zero-order valence-electron chi connectivity index (χ0n) is 27.9. The molecule has 16 nitrogen and oxygen atoms in total. The van der Waals surface area contributed by atoms with Crippen LogP contribution in [-0.2, 0) is 33.2 Å². The Balaban J connectivity index is 1.21. The van der Waals surface area contributed by atoms with Crippen molar-refractivity contribution in [3.8, 4) is 23.0 Å². The largest absolute Gasteiger partial charge is 0.504 e. The Morgan fingerprint density at radius 1 is 0.760 bits per heavy atom.